The first kappa shape index (κ1) is 12.8. The highest BCUT2D eigenvalue weighted by Gasteiger charge is 2.32. The minimum absolute atomic E-state index is 0. The molecule has 0 amide bonds. The van der Waals surface area contributed by atoms with Crippen molar-refractivity contribution >= 4 is 0 Å². The molecule has 1 atom stereocenters. The van der Waals surface area contributed by atoms with Crippen LogP contribution in [0.4, 0.5) is 0 Å². The molecule has 10 heavy (non-hydrogen) atoms. The second-order valence-electron chi connectivity index (χ2n) is 3.53. The number of quaternary nitrogens is 1. The van der Waals surface area contributed by atoms with Crippen molar-refractivity contribution in [1.82, 2.24) is 0 Å². The van der Waals surface area contributed by atoms with Gasteiger partial charge in [-0.3, -0.25) is 5.73 Å². The lowest BCUT2D eigenvalue weighted by atomic mass is 10.2. The van der Waals surface area contributed by atoms with Crippen LogP contribution in [-0.2, 0) is 0 Å². The molecule has 0 bridgehead atoms. The topological polar surface area (TPSA) is 46.2 Å². The van der Waals surface area contributed by atoms with Gasteiger partial charge in [0.2, 0.25) is 0 Å². The summed E-state index contributed by atoms with van der Waals surface area (Å²) >= 11 is 0. The summed E-state index contributed by atoms with van der Waals surface area (Å²) in [7, 11) is 5.86. The number of halogens is 1. The molecule has 0 radical (unpaired) electrons. The van der Waals surface area contributed by atoms with Crippen molar-refractivity contribution in [3.05, 3.63) is 0 Å². The van der Waals surface area contributed by atoms with Gasteiger partial charge in [-0.2, -0.15) is 0 Å². The van der Waals surface area contributed by atoms with Gasteiger partial charge in [0, 0.05) is 6.92 Å². The molecule has 64 valence electrons. The Hall–Kier alpha value is 0.170. The molecule has 4 heteroatoms. The Morgan fingerprint density at radius 1 is 1.40 bits per heavy atom. The molecule has 0 fully saturated rings. The maximum Gasteiger partial charge on any atom is 0.170 e. The van der Waals surface area contributed by atoms with Gasteiger partial charge in [0.1, 0.15) is 6.61 Å². The van der Waals surface area contributed by atoms with Gasteiger partial charge < -0.3 is 22.0 Å². The van der Waals surface area contributed by atoms with E-state index in [0.717, 1.165) is 0 Å². The summed E-state index contributed by atoms with van der Waals surface area (Å²) in [6, 6.07) is 0. The van der Waals surface area contributed by atoms with Crippen LogP contribution in [0.5, 0.6) is 0 Å². The summed E-state index contributed by atoms with van der Waals surface area (Å²) in [6.07, 6.45) is 0. The molecule has 0 rings (SSSR count). The lowest BCUT2D eigenvalue weighted by Crippen LogP contribution is -3.00. The number of nitrogens with zero attached hydrogens (tertiary/aromatic N) is 1. The lowest BCUT2D eigenvalue weighted by Gasteiger charge is -2.39. The quantitative estimate of drug-likeness (QED) is 0.330. The molecular weight excluding hydrogens is 152 g/mol. The Kier molecular flexibility index (Phi) is 4.52. The van der Waals surface area contributed by atoms with Crippen LogP contribution in [0, 0.1) is 0 Å². The zero-order chi connectivity index (χ0) is 7.71. The van der Waals surface area contributed by atoms with Crippen LogP contribution in [-0.4, -0.2) is 43.0 Å². The van der Waals surface area contributed by atoms with Gasteiger partial charge >= 0.3 is 0 Å². The van der Waals surface area contributed by atoms with Gasteiger partial charge in [0.05, 0.1) is 21.1 Å². The molecule has 0 saturated heterocycles. The molecule has 0 aliphatic heterocycles. The Morgan fingerprint density at radius 3 is 1.70 bits per heavy atom. The number of rotatable bonds is 2. The van der Waals surface area contributed by atoms with Crippen LogP contribution < -0.4 is 18.1 Å². The SMILES string of the molecule is CC(N)(CO)[N+](C)(C)C.[Cl-]. The monoisotopic (exact) mass is 168 g/mol. The van der Waals surface area contributed by atoms with Crippen molar-refractivity contribution in [1.29, 1.82) is 0 Å². The van der Waals surface area contributed by atoms with Crippen molar-refractivity contribution < 1.29 is 22.0 Å². The molecule has 0 aliphatic rings. The highest BCUT2D eigenvalue weighted by Crippen LogP contribution is 2.08. The fraction of sp³-hybridized carbons (Fsp3) is 1.00. The zero-order valence-corrected chi connectivity index (χ0v) is 7.81. The maximum atomic E-state index is 8.79. The predicted octanol–water partition coefficient (Wildman–Crippen LogP) is -3.64. The van der Waals surface area contributed by atoms with Gasteiger partial charge in [0.15, 0.2) is 5.66 Å². The van der Waals surface area contributed by atoms with Gasteiger partial charge in [0.25, 0.3) is 0 Å². The minimum atomic E-state index is -0.528. The number of aliphatic hydroxyl groups excluding tert-OH is 1. The molecule has 0 aromatic rings. The van der Waals surface area contributed by atoms with Crippen LogP contribution in [0.25, 0.3) is 0 Å². The third-order valence-corrected chi connectivity index (χ3v) is 1.85. The second-order valence-corrected chi connectivity index (χ2v) is 3.53. The normalized spacial score (nSPS) is 17.4. The third kappa shape index (κ3) is 2.84. The molecular formula is C6H17ClN2O. The van der Waals surface area contributed by atoms with Gasteiger partial charge in [-0.15, -0.1) is 0 Å². The molecule has 0 aliphatic carbocycles. The number of hydrogen-bond acceptors (Lipinski definition) is 2. The van der Waals surface area contributed by atoms with Crippen LogP contribution >= 0.6 is 0 Å². The molecule has 3 nitrogen and oxygen atoms in total. The first-order valence-corrected chi connectivity index (χ1v) is 3.02. The predicted molar refractivity (Wildman–Crippen MR) is 37.7 cm³/mol. The van der Waals surface area contributed by atoms with Gasteiger partial charge in [-0.1, -0.05) is 0 Å². The van der Waals surface area contributed by atoms with Crippen LogP contribution in [0.15, 0.2) is 0 Å². The second kappa shape index (κ2) is 3.53. The van der Waals surface area contributed by atoms with Crippen molar-refractivity contribution in [2.24, 2.45) is 5.73 Å². The van der Waals surface area contributed by atoms with Crippen molar-refractivity contribution in [2.45, 2.75) is 12.6 Å². The zero-order valence-electron chi connectivity index (χ0n) is 7.06. The average Bonchev–Trinajstić information content (AvgIpc) is 1.64. The molecule has 1 unspecified atom stereocenters. The van der Waals surface area contributed by atoms with E-state index in [-0.39, 0.29) is 19.0 Å². The molecule has 0 aromatic heterocycles. The summed E-state index contributed by atoms with van der Waals surface area (Å²) in [6.45, 7) is 1.84. The highest BCUT2D eigenvalue weighted by atomic mass is 35.5. The Labute approximate surface area is 68.8 Å². The fourth-order valence-electron chi connectivity index (χ4n) is 0.212. The van der Waals surface area contributed by atoms with E-state index in [9.17, 15) is 0 Å². The summed E-state index contributed by atoms with van der Waals surface area (Å²) in [5, 5.41) is 8.79. The Morgan fingerprint density at radius 2 is 1.70 bits per heavy atom. The van der Waals surface area contributed by atoms with E-state index in [0.29, 0.717) is 4.48 Å². The molecule has 3 N–H and O–H groups in total. The summed E-state index contributed by atoms with van der Waals surface area (Å²) < 4.78 is 0.573. The summed E-state index contributed by atoms with van der Waals surface area (Å²) in [5.74, 6) is 0. The van der Waals surface area contributed by atoms with Crippen molar-refractivity contribution in [3.63, 3.8) is 0 Å². The lowest BCUT2D eigenvalue weighted by molar-refractivity contribution is -0.922. The van der Waals surface area contributed by atoms with E-state index >= 15 is 0 Å². The van der Waals surface area contributed by atoms with Crippen molar-refractivity contribution in [3.8, 4) is 0 Å². The van der Waals surface area contributed by atoms with Crippen molar-refractivity contribution in [2.75, 3.05) is 27.7 Å². The first-order valence-electron chi connectivity index (χ1n) is 3.02. The van der Waals surface area contributed by atoms with E-state index < -0.39 is 5.66 Å². The van der Waals surface area contributed by atoms with E-state index in [1.54, 1.807) is 0 Å². The maximum absolute atomic E-state index is 8.79. The number of aliphatic hydroxyl groups is 1. The van der Waals surface area contributed by atoms with Crippen LogP contribution in [0.3, 0.4) is 0 Å². The van der Waals surface area contributed by atoms with E-state index in [1.165, 1.54) is 0 Å². The van der Waals surface area contributed by atoms with E-state index in [4.69, 9.17) is 10.8 Å². The third-order valence-electron chi connectivity index (χ3n) is 1.85. The largest absolute Gasteiger partial charge is 1.00 e. The number of nitrogens with two attached hydrogens (primary N) is 1. The number of likely N-dealkylation sites (N-methyl/N-ethyl adjacent to an activating group) is 1. The minimum Gasteiger partial charge on any atom is -1.00 e. The van der Waals surface area contributed by atoms with Crippen LogP contribution in [0.2, 0.25) is 0 Å². The highest BCUT2D eigenvalue weighted by molar-refractivity contribution is 4.62. The molecule has 0 aromatic carbocycles. The first-order chi connectivity index (χ1) is 3.81. The average molecular weight is 169 g/mol. The summed E-state index contributed by atoms with van der Waals surface area (Å²) in [5.41, 5.74) is 5.19. The molecule has 0 heterocycles. The summed E-state index contributed by atoms with van der Waals surface area (Å²) in [4.78, 5) is 0. The Balaban J connectivity index is 0. The van der Waals surface area contributed by atoms with Crippen LogP contribution in [0.1, 0.15) is 6.92 Å². The van der Waals surface area contributed by atoms with E-state index in [1.807, 2.05) is 28.1 Å². The van der Waals surface area contributed by atoms with E-state index in [2.05, 4.69) is 0 Å². The number of hydrogen-bond donors (Lipinski definition) is 2. The molecule has 0 spiro atoms. The Bertz CT molecular complexity index is 98.4. The smallest absolute Gasteiger partial charge is 0.170 e. The molecule has 0 saturated carbocycles. The standard InChI is InChI=1S/C6H17N2O.ClH/c1-6(7,5-9)8(2,3)4;/h9H,5,7H2,1-4H3;1H/q+1;/p-1. The fourth-order valence-corrected chi connectivity index (χ4v) is 0.212. The van der Waals surface area contributed by atoms with Gasteiger partial charge in [-0.05, 0) is 0 Å². The van der Waals surface area contributed by atoms with Gasteiger partial charge in [-0.25, -0.2) is 0 Å².